The zero-order valence-electron chi connectivity index (χ0n) is 18.0. The Morgan fingerprint density at radius 2 is 1.38 bits per heavy atom. The molecule has 0 atom stereocenters. The van der Waals surface area contributed by atoms with Crippen molar-refractivity contribution in [3.05, 3.63) is 0 Å². The molecule has 0 aliphatic heterocycles. The van der Waals surface area contributed by atoms with Gasteiger partial charge in [-0.15, -0.1) is 0 Å². The highest BCUT2D eigenvalue weighted by Crippen LogP contribution is 2.17. The van der Waals surface area contributed by atoms with E-state index in [-0.39, 0.29) is 0 Å². The fourth-order valence-corrected chi connectivity index (χ4v) is 4.61. The molecule has 0 rings (SSSR count). The summed E-state index contributed by atoms with van der Waals surface area (Å²) in [6.45, 7) is 10.6. The normalized spacial score (nSPS) is 12.0. The molecule has 0 fully saturated rings. The van der Waals surface area contributed by atoms with Crippen LogP contribution in [0.4, 0.5) is 0 Å². The van der Waals surface area contributed by atoms with Gasteiger partial charge in [-0.2, -0.15) is 0 Å². The first-order valence-corrected chi connectivity index (χ1v) is 14.3. The van der Waals surface area contributed by atoms with Crippen LogP contribution in [0.15, 0.2) is 0 Å². The van der Waals surface area contributed by atoms with Gasteiger partial charge in [0.2, 0.25) is 0 Å². The molecule has 0 unspecified atom stereocenters. The lowest BCUT2D eigenvalue weighted by Gasteiger charge is -2.22. The molecular formula is C21H47NO3Si. The van der Waals surface area contributed by atoms with Crippen LogP contribution >= 0.6 is 0 Å². The van der Waals surface area contributed by atoms with E-state index in [1.807, 2.05) is 0 Å². The van der Waals surface area contributed by atoms with Crippen LogP contribution in [0, 0.1) is 0 Å². The van der Waals surface area contributed by atoms with Crippen LogP contribution in [-0.4, -0.2) is 46.5 Å². The van der Waals surface area contributed by atoms with E-state index in [0.717, 1.165) is 39.0 Å². The van der Waals surface area contributed by atoms with Gasteiger partial charge in [-0.25, -0.2) is 0 Å². The zero-order valence-corrected chi connectivity index (χ0v) is 19.0. The smallest absolute Gasteiger partial charge is 0.189 e. The maximum atomic E-state index is 8.70. The molecule has 0 radical (unpaired) electrons. The van der Waals surface area contributed by atoms with E-state index in [4.69, 9.17) is 14.3 Å². The number of hydrogen-bond acceptors (Lipinski definition) is 4. The first-order valence-electron chi connectivity index (χ1n) is 11.2. The minimum absolute atomic E-state index is 0.310. The molecule has 0 bridgehead atoms. The Balaban J connectivity index is 3.27. The largest absolute Gasteiger partial charge is 0.396 e. The molecule has 4 nitrogen and oxygen atoms in total. The quantitative estimate of drug-likeness (QED) is 0.155. The van der Waals surface area contributed by atoms with Crippen molar-refractivity contribution in [1.82, 2.24) is 5.32 Å². The first-order chi connectivity index (χ1) is 12.6. The van der Waals surface area contributed by atoms with Crippen LogP contribution in [-0.2, 0) is 9.16 Å². The monoisotopic (exact) mass is 389 g/mol. The standard InChI is InChI=1S/C21H47NO3Si/c1-4-5-6-7-10-15-20-26(2,3)25-21-24-19-14-9-8-11-16-22-17-12-13-18-23/h22-23H,4-21H2,1-3H3. The van der Waals surface area contributed by atoms with Gasteiger partial charge in [0.05, 0.1) is 0 Å². The van der Waals surface area contributed by atoms with Gasteiger partial charge in [-0.05, 0) is 57.9 Å². The Morgan fingerprint density at radius 1 is 0.769 bits per heavy atom. The third-order valence-electron chi connectivity index (χ3n) is 4.82. The molecule has 2 N–H and O–H groups in total. The van der Waals surface area contributed by atoms with Crippen molar-refractivity contribution in [2.24, 2.45) is 0 Å². The summed E-state index contributed by atoms with van der Waals surface area (Å²) in [6.07, 6.45) is 15.0. The Hall–Kier alpha value is 0.0569. The highest BCUT2D eigenvalue weighted by atomic mass is 28.4. The summed E-state index contributed by atoms with van der Waals surface area (Å²) in [5.41, 5.74) is 0. The van der Waals surface area contributed by atoms with Gasteiger partial charge in [-0.3, -0.25) is 0 Å². The van der Waals surface area contributed by atoms with E-state index in [1.165, 1.54) is 63.8 Å². The zero-order chi connectivity index (χ0) is 19.3. The molecule has 158 valence electrons. The summed E-state index contributed by atoms with van der Waals surface area (Å²) in [5.74, 6) is 0. The minimum atomic E-state index is -1.52. The molecule has 0 aromatic rings. The molecular weight excluding hydrogens is 342 g/mol. The van der Waals surface area contributed by atoms with Crippen LogP contribution in [0.2, 0.25) is 19.1 Å². The highest BCUT2D eigenvalue weighted by Gasteiger charge is 2.21. The average molecular weight is 390 g/mol. The highest BCUT2D eigenvalue weighted by molar-refractivity contribution is 6.71. The second kappa shape index (κ2) is 19.8. The van der Waals surface area contributed by atoms with Crippen molar-refractivity contribution in [1.29, 1.82) is 0 Å². The molecule has 0 heterocycles. The third kappa shape index (κ3) is 20.4. The molecule has 5 heteroatoms. The van der Waals surface area contributed by atoms with Gasteiger partial charge in [0.1, 0.15) is 6.79 Å². The fourth-order valence-electron chi connectivity index (χ4n) is 2.96. The molecule has 0 amide bonds. The van der Waals surface area contributed by atoms with Crippen molar-refractivity contribution < 1.29 is 14.3 Å². The molecule has 0 saturated heterocycles. The van der Waals surface area contributed by atoms with Gasteiger partial charge >= 0.3 is 0 Å². The van der Waals surface area contributed by atoms with Crippen LogP contribution in [0.25, 0.3) is 0 Å². The Bertz CT molecular complexity index is 278. The lowest BCUT2D eigenvalue weighted by molar-refractivity contribution is 0.00783. The van der Waals surface area contributed by atoms with Crippen molar-refractivity contribution in [3.8, 4) is 0 Å². The number of aliphatic hydroxyl groups excluding tert-OH is 1. The molecule has 0 saturated carbocycles. The number of rotatable bonds is 21. The predicted molar refractivity (Wildman–Crippen MR) is 115 cm³/mol. The predicted octanol–water partition coefficient (Wildman–Crippen LogP) is 5.47. The number of unbranched alkanes of at least 4 members (excludes halogenated alkanes) is 9. The van der Waals surface area contributed by atoms with E-state index >= 15 is 0 Å². The molecule has 26 heavy (non-hydrogen) atoms. The van der Waals surface area contributed by atoms with E-state index in [9.17, 15) is 0 Å². The van der Waals surface area contributed by atoms with Gasteiger partial charge in [0.15, 0.2) is 8.32 Å². The Labute approximate surface area is 164 Å². The molecule has 0 aliphatic rings. The van der Waals surface area contributed by atoms with Crippen molar-refractivity contribution in [2.45, 2.75) is 103 Å². The first kappa shape index (κ1) is 26.1. The third-order valence-corrected chi connectivity index (χ3v) is 7.28. The van der Waals surface area contributed by atoms with Gasteiger partial charge < -0.3 is 19.6 Å². The molecule has 0 spiro atoms. The molecule has 0 aromatic carbocycles. The van der Waals surface area contributed by atoms with Gasteiger partial charge in [0.25, 0.3) is 0 Å². The second-order valence-corrected chi connectivity index (χ2v) is 12.4. The Kier molecular flexibility index (Phi) is 19.9. The number of nitrogens with one attached hydrogen (secondary N) is 1. The summed E-state index contributed by atoms with van der Waals surface area (Å²) in [4.78, 5) is 0. The topological polar surface area (TPSA) is 50.7 Å². The van der Waals surface area contributed by atoms with E-state index in [2.05, 4.69) is 25.3 Å². The van der Waals surface area contributed by atoms with Crippen LogP contribution < -0.4 is 5.32 Å². The SMILES string of the molecule is CCCCCCCC[Si](C)(C)OCOCCCCCCNCCCCO. The summed E-state index contributed by atoms with van der Waals surface area (Å²) in [5, 5.41) is 12.1. The maximum Gasteiger partial charge on any atom is 0.189 e. The molecule has 0 aromatic heterocycles. The maximum absolute atomic E-state index is 8.70. The average Bonchev–Trinajstić information content (AvgIpc) is 2.62. The molecule has 0 aliphatic carbocycles. The van der Waals surface area contributed by atoms with E-state index < -0.39 is 8.32 Å². The van der Waals surface area contributed by atoms with Gasteiger partial charge in [0, 0.05) is 13.2 Å². The summed E-state index contributed by atoms with van der Waals surface area (Å²) >= 11 is 0. The van der Waals surface area contributed by atoms with Crippen LogP contribution in [0.5, 0.6) is 0 Å². The summed E-state index contributed by atoms with van der Waals surface area (Å²) in [6, 6.07) is 1.26. The lowest BCUT2D eigenvalue weighted by atomic mass is 10.1. The fraction of sp³-hybridized carbons (Fsp3) is 1.00. The second-order valence-electron chi connectivity index (χ2n) is 8.04. The van der Waals surface area contributed by atoms with E-state index in [0.29, 0.717) is 13.4 Å². The number of hydrogen-bond donors (Lipinski definition) is 2. The minimum Gasteiger partial charge on any atom is -0.396 e. The van der Waals surface area contributed by atoms with Crippen molar-refractivity contribution in [2.75, 3.05) is 33.1 Å². The Morgan fingerprint density at radius 3 is 2.12 bits per heavy atom. The summed E-state index contributed by atoms with van der Waals surface area (Å²) < 4.78 is 11.7. The van der Waals surface area contributed by atoms with E-state index in [1.54, 1.807) is 0 Å². The van der Waals surface area contributed by atoms with Gasteiger partial charge in [-0.1, -0.05) is 58.3 Å². The number of ether oxygens (including phenoxy) is 1. The lowest BCUT2D eigenvalue weighted by Crippen LogP contribution is -2.31. The summed E-state index contributed by atoms with van der Waals surface area (Å²) in [7, 11) is -1.52. The number of aliphatic hydroxyl groups is 1. The van der Waals surface area contributed by atoms with Crippen molar-refractivity contribution >= 4 is 8.32 Å². The van der Waals surface area contributed by atoms with Crippen molar-refractivity contribution in [3.63, 3.8) is 0 Å². The van der Waals surface area contributed by atoms with Crippen LogP contribution in [0.3, 0.4) is 0 Å². The van der Waals surface area contributed by atoms with Crippen LogP contribution in [0.1, 0.15) is 84.0 Å².